The Balaban J connectivity index is 1.53. The number of nitrogens with zero attached hydrogens (tertiary/aromatic N) is 3. The van der Waals surface area contributed by atoms with Crippen LogP contribution in [0.15, 0.2) is 71.5 Å². The van der Waals surface area contributed by atoms with Crippen LogP contribution in [-0.2, 0) is 15.1 Å². The lowest BCUT2D eigenvalue weighted by Gasteiger charge is -2.32. The van der Waals surface area contributed by atoms with Gasteiger partial charge in [0, 0.05) is 16.6 Å². The van der Waals surface area contributed by atoms with E-state index in [9.17, 15) is 14.4 Å². The predicted molar refractivity (Wildman–Crippen MR) is 146 cm³/mol. The van der Waals surface area contributed by atoms with Gasteiger partial charge in [-0.05, 0) is 42.3 Å². The second-order valence-corrected chi connectivity index (χ2v) is 11.3. The molecule has 0 unspecified atom stereocenters. The molecule has 4 atom stereocenters. The molecular weight excluding hydrogens is 523 g/mol. The van der Waals surface area contributed by atoms with Gasteiger partial charge in [-0.3, -0.25) is 24.3 Å². The van der Waals surface area contributed by atoms with Crippen LogP contribution >= 0.6 is 23.2 Å². The van der Waals surface area contributed by atoms with E-state index < -0.39 is 17.4 Å². The number of carbonyl (C=O) groups excluding carboxylic acids is 2. The number of fused-ring (bicyclic) bond motifs is 8. The highest BCUT2D eigenvalue weighted by Gasteiger charge is 2.70. The maximum Gasteiger partial charge on any atom is 0.266 e. The van der Waals surface area contributed by atoms with Crippen molar-refractivity contribution in [2.24, 2.45) is 17.8 Å². The average Bonchev–Trinajstić information content (AvgIpc) is 3.49. The van der Waals surface area contributed by atoms with E-state index in [1.807, 2.05) is 44.2 Å². The fourth-order valence-electron chi connectivity index (χ4n) is 6.62. The molecular formula is C29H22Cl2N4O3. The summed E-state index contributed by atoms with van der Waals surface area (Å²) in [6.07, 6.45) is 0. The molecule has 1 aromatic heterocycles. The second-order valence-electron chi connectivity index (χ2n) is 10.4. The van der Waals surface area contributed by atoms with Gasteiger partial charge in [-0.2, -0.15) is 0 Å². The van der Waals surface area contributed by atoms with Crippen LogP contribution < -0.4 is 15.8 Å². The molecule has 2 fully saturated rings. The standard InChI is InChI=1S/C29H22Cl2N4O3/c1-14(2)24-22-23(27(38)34(26(22)37)21-12-11-15(30)13-18(21)31)29(33-24)17-8-4-6-10-20(17)35-25(36)16-7-3-5-9-19(16)32-28(29)35/h3-14,22-24,33H,1-2H3/t22-,23-,24-,29-/m1/s1. The van der Waals surface area contributed by atoms with Crippen molar-refractivity contribution in [2.75, 3.05) is 4.90 Å². The number of hydrogen-bond acceptors (Lipinski definition) is 5. The van der Waals surface area contributed by atoms with Gasteiger partial charge in [-0.1, -0.05) is 67.4 Å². The van der Waals surface area contributed by atoms with Gasteiger partial charge in [-0.15, -0.1) is 0 Å². The van der Waals surface area contributed by atoms with Crippen molar-refractivity contribution >= 4 is 51.6 Å². The SMILES string of the molecule is CC(C)[C@H]1N[C@]2(c3ccccc3-n3c2nc2ccccc2c3=O)[C@H]2C(=O)N(c3ccc(Cl)cc3Cl)C(=O)[C@@H]12. The summed E-state index contributed by atoms with van der Waals surface area (Å²) < 4.78 is 1.60. The van der Waals surface area contributed by atoms with E-state index in [2.05, 4.69) is 5.32 Å². The Hall–Kier alpha value is -3.52. The Morgan fingerprint density at radius 2 is 1.66 bits per heavy atom. The molecule has 3 aliphatic heterocycles. The van der Waals surface area contributed by atoms with Crippen molar-refractivity contribution in [1.82, 2.24) is 14.9 Å². The van der Waals surface area contributed by atoms with Crippen LogP contribution in [0.2, 0.25) is 10.0 Å². The highest BCUT2D eigenvalue weighted by atomic mass is 35.5. The van der Waals surface area contributed by atoms with Gasteiger partial charge in [-0.25, -0.2) is 9.88 Å². The molecule has 190 valence electrons. The predicted octanol–water partition coefficient (Wildman–Crippen LogP) is 4.68. The molecule has 0 radical (unpaired) electrons. The fraction of sp³-hybridized carbons (Fsp3) is 0.241. The lowest BCUT2D eigenvalue weighted by molar-refractivity contribution is -0.123. The van der Waals surface area contributed by atoms with E-state index in [1.54, 1.807) is 34.9 Å². The summed E-state index contributed by atoms with van der Waals surface area (Å²) >= 11 is 12.6. The second kappa shape index (κ2) is 7.99. The summed E-state index contributed by atoms with van der Waals surface area (Å²) in [6.45, 7) is 4.04. The number of benzene rings is 3. The van der Waals surface area contributed by atoms with E-state index in [-0.39, 0.29) is 34.4 Å². The monoisotopic (exact) mass is 544 g/mol. The number of carbonyl (C=O) groups is 2. The first-order valence-corrected chi connectivity index (χ1v) is 13.2. The first-order chi connectivity index (χ1) is 18.3. The highest BCUT2D eigenvalue weighted by Crippen LogP contribution is 2.56. The summed E-state index contributed by atoms with van der Waals surface area (Å²) in [4.78, 5) is 48.5. The van der Waals surface area contributed by atoms with Crippen molar-refractivity contribution < 1.29 is 9.59 Å². The first kappa shape index (κ1) is 23.6. The van der Waals surface area contributed by atoms with Crippen LogP contribution in [0.3, 0.4) is 0 Å². The van der Waals surface area contributed by atoms with Gasteiger partial charge in [0.25, 0.3) is 5.56 Å². The molecule has 0 saturated carbocycles. The Morgan fingerprint density at radius 1 is 0.921 bits per heavy atom. The summed E-state index contributed by atoms with van der Waals surface area (Å²) in [7, 11) is 0. The molecule has 3 aromatic carbocycles. The number of imide groups is 1. The Labute approximate surface area is 228 Å². The molecule has 2 saturated heterocycles. The molecule has 4 aromatic rings. The minimum Gasteiger partial charge on any atom is -0.296 e. The maximum absolute atomic E-state index is 14.4. The van der Waals surface area contributed by atoms with Crippen LogP contribution in [0, 0.1) is 17.8 Å². The number of aromatic nitrogens is 2. The number of amides is 2. The van der Waals surface area contributed by atoms with Gasteiger partial charge in [0.05, 0.1) is 39.1 Å². The third-order valence-corrected chi connectivity index (χ3v) is 8.70. The van der Waals surface area contributed by atoms with Crippen LogP contribution in [-0.4, -0.2) is 27.4 Å². The lowest BCUT2D eigenvalue weighted by Crippen LogP contribution is -2.51. The number of nitrogens with one attached hydrogen (secondary N) is 1. The molecule has 2 amide bonds. The third kappa shape index (κ3) is 2.84. The molecule has 38 heavy (non-hydrogen) atoms. The van der Waals surface area contributed by atoms with Crippen molar-refractivity contribution in [2.45, 2.75) is 25.4 Å². The molecule has 3 aliphatic rings. The number of hydrogen-bond donors (Lipinski definition) is 1. The topological polar surface area (TPSA) is 84.3 Å². The van der Waals surface area contributed by atoms with Gasteiger partial charge in [0.15, 0.2) is 0 Å². The molecule has 1 N–H and O–H groups in total. The van der Waals surface area contributed by atoms with Crippen molar-refractivity contribution in [3.8, 4) is 5.69 Å². The number of halogens is 2. The minimum atomic E-state index is -1.18. The van der Waals surface area contributed by atoms with E-state index in [4.69, 9.17) is 28.2 Å². The number of rotatable bonds is 2. The maximum atomic E-state index is 14.4. The zero-order chi connectivity index (χ0) is 26.5. The van der Waals surface area contributed by atoms with Crippen molar-refractivity contribution in [1.29, 1.82) is 0 Å². The smallest absolute Gasteiger partial charge is 0.266 e. The van der Waals surface area contributed by atoms with E-state index >= 15 is 0 Å². The Kier molecular flexibility index (Phi) is 4.96. The highest BCUT2D eigenvalue weighted by molar-refractivity contribution is 6.38. The summed E-state index contributed by atoms with van der Waals surface area (Å²) in [5, 5.41) is 4.80. The summed E-state index contributed by atoms with van der Waals surface area (Å²) in [5.41, 5.74) is 0.855. The van der Waals surface area contributed by atoms with E-state index in [0.29, 0.717) is 33.1 Å². The van der Waals surface area contributed by atoms with Crippen molar-refractivity contribution in [3.05, 3.63) is 98.5 Å². The van der Waals surface area contributed by atoms with Crippen LogP contribution in [0.25, 0.3) is 16.6 Å². The Morgan fingerprint density at radius 3 is 2.42 bits per heavy atom. The quantitative estimate of drug-likeness (QED) is 0.370. The third-order valence-electron chi connectivity index (χ3n) is 8.17. The Bertz CT molecular complexity index is 1770. The van der Waals surface area contributed by atoms with Gasteiger partial charge >= 0.3 is 0 Å². The first-order valence-electron chi connectivity index (χ1n) is 12.5. The van der Waals surface area contributed by atoms with Crippen LogP contribution in [0.5, 0.6) is 0 Å². The molecule has 7 nitrogen and oxygen atoms in total. The minimum absolute atomic E-state index is 0.00709. The normalized spacial score (nSPS) is 25.5. The van der Waals surface area contributed by atoms with Gasteiger partial charge in [0.2, 0.25) is 11.8 Å². The number of anilines is 1. The van der Waals surface area contributed by atoms with Crippen molar-refractivity contribution in [3.63, 3.8) is 0 Å². The zero-order valence-corrected chi connectivity index (χ0v) is 22.0. The largest absolute Gasteiger partial charge is 0.296 e. The van der Waals surface area contributed by atoms with Crippen LogP contribution in [0.4, 0.5) is 5.69 Å². The van der Waals surface area contributed by atoms with Crippen LogP contribution in [0.1, 0.15) is 25.2 Å². The fourth-order valence-corrected chi connectivity index (χ4v) is 7.12. The molecule has 0 bridgehead atoms. The molecule has 0 aliphatic carbocycles. The lowest BCUT2D eigenvalue weighted by atomic mass is 9.75. The molecule has 4 heterocycles. The number of para-hydroxylation sites is 2. The summed E-state index contributed by atoms with van der Waals surface area (Å²) in [5.74, 6) is -1.80. The molecule has 1 spiro atoms. The van der Waals surface area contributed by atoms with Gasteiger partial charge < -0.3 is 0 Å². The average molecular weight is 545 g/mol. The summed E-state index contributed by atoms with van der Waals surface area (Å²) in [6, 6.07) is 19.1. The molecule has 9 heteroatoms. The van der Waals surface area contributed by atoms with E-state index in [1.165, 1.54) is 11.0 Å². The van der Waals surface area contributed by atoms with E-state index in [0.717, 1.165) is 5.56 Å². The van der Waals surface area contributed by atoms with Gasteiger partial charge in [0.1, 0.15) is 11.4 Å². The molecule has 7 rings (SSSR count). The zero-order valence-electron chi connectivity index (χ0n) is 20.5.